The number of hydrogen-bond donors (Lipinski definition) is 0. The number of quaternary nitrogens is 1. The lowest BCUT2D eigenvalue weighted by Crippen LogP contribution is -2.62. The first kappa shape index (κ1) is 20.7. The molecule has 4 rings (SSSR count). The van der Waals surface area contributed by atoms with E-state index in [9.17, 15) is 13.7 Å². The van der Waals surface area contributed by atoms with Crippen LogP contribution in [0.1, 0.15) is 32.3 Å². The van der Waals surface area contributed by atoms with Crippen molar-refractivity contribution in [3.8, 4) is 5.97 Å². The van der Waals surface area contributed by atoms with Crippen LogP contribution in [0.25, 0.3) is 0 Å². The van der Waals surface area contributed by atoms with E-state index in [-0.39, 0.29) is 14.7 Å². The third kappa shape index (κ3) is 2.98. The molecule has 3 atom stereocenters. The molecule has 2 radical (unpaired) electrons. The molecule has 2 aromatic carbocycles. The van der Waals surface area contributed by atoms with Gasteiger partial charge in [-0.05, 0) is 44.0 Å². The molecule has 1 fully saturated rings. The Balaban J connectivity index is 1.98. The molecule has 2 aliphatic heterocycles. The Kier molecular flexibility index (Phi) is 5.04. The third-order valence-corrected chi connectivity index (χ3v) is 8.30. The molecule has 2 aromatic rings. The number of benzene rings is 2. The molecule has 5 nitrogen and oxygen atoms in total. The molecule has 0 aliphatic carbocycles. The Bertz CT molecular complexity index is 1140. The van der Waals surface area contributed by atoms with Gasteiger partial charge >= 0.3 is 0 Å². The van der Waals surface area contributed by atoms with Crippen LogP contribution in [0, 0.1) is 11.2 Å². The molecule has 0 aromatic heterocycles. The lowest BCUT2D eigenvalue weighted by molar-refractivity contribution is -0.812. The van der Waals surface area contributed by atoms with Crippen LogP contribution in [-0.4, -0.2) is 40.0 Å². The van der Waals surface area contributed by atoms with Gasteiger partial charge in [0.2, 0.25) is 0 Å². The molecule has 0 amide bonds. The summed E-state index contributed by atoms with van der Waals surface area (Å²) in [4.78, 5) is 0.272. The summed E-state index contributed by atoms with van der Waals surface area (Å²) < 4.78 is 29.7. The summed E-state index contributed by atoms with van der Waals surface area (Å²) in [6.45, 7) is 4.84. The molecule has 30 heavy (non-hydrogen) atoms. The number of allylic oxidation sites excluding steroid dienone is 2. The number of nitrogens with zero attached hydrogens (tertiary/aromatic N) is 3. The van der Waals surface area contributed by atoms with Crippen molar-refractivity contribution in [2.24, 2.45) is 0 Å². The van der Waals surface area contributed by atoms with Crippen LogP contribution >= 0.6 is 0 Å². The summed E-state index contributed by atoms with van der Waals surface area (Å²) in [6.07, 6.45) is 3.35. The normalized spacial score (nSPS) is 27.3. The number of hydrogen-bond acceptors (Lipinski definition) is 3. The lowest BCUT2D eigenvalue weighted by Gasteiger charge is -2.50. The minimum absolute atomic E-state index is 0.272. The predicted molar refractivity (Wildman–Crippen MR) is 119 cm³/mol. The Morgan fingerprint density at radius 2 is 1.90 bits per heavy atom. The predicted octanol–water partition coefficient (Wildman–Crippen LogP) is 3.77. The number of likely N-dealkylation sites (N-methyl/N-ethyl adjacent to an activating group) is 1. The Labute approximate surface area is 180 Å². The van der Waals surface area contributed by atoms with Crippen LogP contribution in [-0.2, 0) is 15.4 Å². The smallest absolute Gasteiger partial charge is 0.268 e. The maximum atomic E-state index is 13.9. The van der Waals surface area contributed by atoms with Crippen molar-refractivity contribution in [1.82, 2.24) is 0 Å². The van der Waals surface area contributed by atoms with Crippen LogP contribution < -0.4 is 4.31 Å². The van der Waals surface area contributed by atoms with Gasteiger partial charge in [0, 0.05) is 20.0 Å². The Hall–Kier alpha value is -2.56. The van der Waals surface area contributed by atoms with Gasteiger partial charge in [-0.1, -0.05) is 48.0 Å². The maximum absolute atomic E-state index is 13.9. The summed E-state index contributed by atoms with van der Waals surface area (Å²) >= 11 is 0. The molecule has 1 unspecified atom stereocenters. The van der Waals surface area contributed by atoms with Gasteiger partial charge in [-0.25, -0.2) is 18.0 Å². The van der Waals surface area contributed by atoms with Crippen molar-refractivity contribution in [2.45, 2.75) is 43.2 Å². The van der Waals surface area contributed by atoms with E-state index in [1.165, 1.54) is 5.57 Å². The molecule has 154 valence electrons. The summed E-state index contributed by atoms with van der Waals surface area (Å²) in [5.74, 6) is 2.19. The molecule has 0 bridgehead atoms. The number of fused-ring (bicyclic) bond motifs is 3. The highest BCUT2D eigenvalue weighted by molar-refractivity contribution is 7.92. The van der Waals surface area contributed by atoms with Crippen molar-refractivity contribution in [1.29, 1.82) is 5.26 Å². The number of sulfonamides is 1. The zero-order valence-electron chi connectivity index (χ0n) is 17.6. The zero-order valence-corrected chi connectivity index (χ0v) is 18.4. The van der Waals surface area contributed by atoms with Crippen molar-refractivity contribution >= 4 is 23.1 Å². The van der Waals surface area contributed by atoms with Gasteiger partial charge in [-0.3, -0.25) is 0 Å². The topological polar surface area (TPSA) is 61.2 Å². The van der Waals surface area contributed by atoms with Crippen molar-refractivity contribution < 1.29 is 12.8 Å². The molecular formula is C23H26BN3O2S. The zero-order chi connectivity index (χ0) is 21.6. The van der Waals surface area contributed by atoms with Crippen LogP contribution in [0.2, 0.25) is 0 Å². The number of para-hydroxylation sites is 1. The molecule has 1 saturated heterocycles. The molecule has 0 saturated carbocycles. The second-order valence-corrected chi connectivity index (χ2v) is 10.5. The largest absolute Gasteiger partial charge is 0.528 e. The van der Waals surface area contributed by atoms with Gasteiger partial charge < -0.3 is 4.39 Å². The van der Waals surface area contributed by atoms with Crippen LogP contribution in [0.5, 0.6) is 0 Å². The second-order valence-electron chi connectivity index (χ2n) is 8.73. The summed E-state index contributed by atoms with van der Waals surface area (Å²) in [5, 5.41) is 9.54. The van der Waals surface area contributed by atoms with E-state index in [0.29, 0.717) is 6.54 Å². The van der Waals surface area contributed by atoms with Gasteiger partial charge in [-0.2, -0.15) is 0 Å². The first-order chi connectivity index (χ1) is 14.3. The molecule has 0 spiro atoms. The average Bonchev–Trinajstić information content (AvgIpc) is 3.19. The van der Waals surface area contributed by atoms with Crippen LogP contribution in [0.4, 0.5) is 5.69 Å². The minimum atomic E-state index is -3.80. The van der Waals surface area contributed by atoms with Crippen molar-refractivity contribution in [3.05, 3.63) is 71.8 Å². The highest BCUT2D eigenvalue weighted by Gasteiger charge is 2.62. The Morgan fingerprint density at radius 1 is 1.23 bits per heavy atom. The van der Waals surface area contributed by atoms with Crippen LogP contribution in [0.3, 0.4) is 0 Å². The number of rotatable bonds is 5. The van der Waals surface area contributed by atoms with E-state index >= 15 is 0 Å². The van der Waals surface area contributed by atoms with Gasteiger partial charge in [0.1, 0.15) is 13.6 Å². The van der Waals surface area contributed by atoms with E-state index < -0.39 is 16.2 Å². The first-order valence-corrected chi connectivity index (χ1v) is 11.6. The van der Waals surface area contributed by atoms with Gasteiger partial charge in [0.25, 0.3) is 10.0 Å². The van der Waals surface area contributed by atoms with Gasteiger partial charge in [-0.15, -0.1) is 5.97 Å². The van der Waals surface area contributed by atoms with Crippen molar-refractivity contribution in [3.63, 3.8) is 0 Å². The van der Waals surface area contributed by atoms with E-state index in [2.05, 4.69) is 32.0 Å². The third-order valence-electron chi connectivity index (χ3n) is 6.52. The first-order valence-electron chi connectivity index (χ1n) is 10.2. The van der Waals surface area contributed by atoms with E-state index in [1.54, 1.807) is 36.0 Å². The number of anilines is 1. The fourth-order valence-corrected chi connectivity index (χ4v) is 6.98. The van der Waals surface area contributed by atoms with E-state index in [0.717, 1.165) is 24.1 Å². The molecule has 2 heterocycles. The number of likely N-dealkylation sites (tertiary alicyclic amines) is 1. The average molecular weight is 419 g/mol. The second kappa shape index (κ2) is 7.30. The van der Waals surface area contributed by atoms with Gasteiger partial charge in [0.05, 0.1) is 16.0 Å². The summed E-state index contributed by atoms with van der Waals surface area (Å²) in [7, 11) is -0.243. The maximum Gasteiger partial charge on any atom is 0.268 e. The standard InChI is InChI=1S/C23H26BN3O2S/c1-18(2)13-14-23-15-16-27(3,24-17-25)22(23)26(21-12-8-7-11-20(21)23)30(28,29)19-9-5-4-6-10-19/h4-13,22H,14-16H2,1-3H3/t22-,23-,27?/m1/s1. The minimum Gasteiger partial charge on any atom is -0.528 e. The molecular weight excluding hydrogens is 393 g/mol. The highest BCUT2D eigenvalue weighted by Crippen LogP contribution is 2.57. The summed E-state index contributed by atoms with van der Waals surface area (Å²) in [5.41, 5.74) is 2.61. The Morgan fingerprint density at radius 3 is 2.57 bits per heavy atom. The van der Waals surface area contributed by atoms with E-state index in [4.69, 9.17) is 0 Å². The monoisotopic (exact) mass is 419 g/mol. The number of nitriles is 1. The fraction of sp³-hybridized carbons (Fsp3) is 0.348. The lowest BCUT2D eigenvalue weighted by atomic mass is 9.75. The molecule has 0 N–H and O–H groups in total. The highest BCUT2D eigenvalue weighted by atomic mass is 32.2. The van der Waals surface area contributed by atoms with Crippen LogP contribution in [0.15, 0.2) is 71.1 Å². The SMILES string of the molecule is CC(C)=CC[C@]12CC[N+](C)([B-]C#N)[C@H]1N(S(=O)(=O)c1ccccc1)c1ccccc12. The molecule has 2 aliphatic rings. The quantitative estimate of drug-likeness (QED) is 0.548. The van der Waals surface area contributed by atoms with E-state index in [1.807, 2.05) is 31.3 Å². The summed E-state index contributed by atoms with van der Waals surface area (Å²) in [6, 6.07) is 16.4. The van der Waals surface area contributed by atoms with Crippen molar-refractivity contribution in [2.75, 3.05) is 17.9 Å². The molecule has 7 heteroatoms. The fourth-order valence-electron chi connectivity index (χ4n) is 5.15. The van der Waals surface area contributed by atoms with Gasteiger partial charge in [0.15, 0.2) is 0 Å².